The average molecular weight is 540 g/mol. The Bertz CT molecular complexity index is 940. The summed E-state index contributed by atoms with van der Waals surface area (Å²) in [7, 11) is 0. The molecule has 2 saturated heterocycles. The predicted molar refractivity (Wildman–Crippen MR) is 136 cm³/mol. The van der Waals surface area contributed by atoms with Gasteiger partial charge in [-0.25, -0.2) is 9.18 Å². The van der Waals surface area contributed by atoms with E-state index in [4.69, 9.17) is 20.4 Å². The van der Waals surface area contributed by atoms with Crippen molar-refractivity contribution < 1.29 is 44.0 Å². The van der Waals surface area contributed by atoms with E-state index in [0.29, 0.717) is 18.9 Å². The van der Waals surface area contributed by atoms with E-state index in [9.17, 15) is 23.6 Å². The van der Waals surface area contributed by atoms with Crippen LogP contribution in [0.4, 0.5) is 4.39 Å². The molecule has 3 rings (SSSR count). The predicted octanol–water partition coefficient (Wildman–Crippen LogP) is 1.54. The van der Waals surface area contributed by atoms with Gasteiger partial charge in [-0.15, -0.1) is 0 Å². The van der Waals surface area contributed by atoms with Crippen molar-refractivity contribution in [1.82, 2.24) is 14.7 Å². The summed E-state index contributed by atoms with van der Waals surface area (Å²) in [6.45, 7) is 10.4. The van der Waals surface area contributed by atoms with Gasteiger partial charge in [-0.2, -0.15) is 0 Å². The summed E-state index contributed by atoms with van der Waals surface area (Å²) in [6.07, 6.45) is -1.64. The van der Waals surface area contributed by atoms with E-state index in [-0.39, 0.29) is 5.91 Å². The van der Waals surface area contributed by atoms with Crippen LogP contribution in [0.25, 0.3) is 0 Å². The van der Waals surface area contributed by atoms with Gasteiger partial charge in [-0.3, -0.25) is 24.2 Å². The third-order valence-corrected chi connectivity index (χ3v) is 6.74. The van der Waals surface area contributed by atoms with Gasteiger partial charge in [0.1, 0.15) is 6.17 Å². The van der Waals surface area contributed by atoms with Crippen LogP contribution < -0.4 is 0 Å². The molecule has 0 atom stereocenters. The van der Waals surface area contributed by atoms with Gasteiger partial charge in [-0.1, -0.05) is 12.1 Å². The van der Waals surface area contributed by atoms with Gasteiger partial charge < -0.3 is 25.3 Å². The highest BCUT2D eigenvalue weighted by atomic mass is 19.1. The number of piperazine rings is 1. The second-order valence-corrected chi connectivity index (χ2v) is 10.0. The maximum Gasteiger partial charge on any atom is 0.336 e. The number of alkyl halides is 1. The molecule has 11 nitrogen and oxygen atoms in total. The largest absolute Gasteiger partial charge is 0.481 e. The van der Waals surface area contributed by atoms with Crippen LogP contribution in [0.15, 0.2) is 24.3 Å². The number of carboxylic acid groups (broad SMARTS) is 3. The first-order valence-corrected chi connectivity index (χ1v) is 12.7. The summed E-state index contributed by atoms with van der Waals surface area (Å²) in [5.41, 5.74) is -0.778. The third-order valence-electron chi connectivity index (χ3n) is 6.74. The number of rotatable bonds is 9. The zero-order valence-electron chi connectivity index (χ0n) is 21.9. The number of halogens is 1. The topological polar surface area (TPSA) is 159 Å². The van der Waals surface area contributed by atoms with E-state index >= 15 is 0 Å². The highest BCUT2D eigenvalue weighted by Crippen LogP contribution is 2.18. The number of hydrogen-bond donors (Lipinski definition) is 4. The van der Waals surface area contributed by atoms with Crippen molar-refractivity contribution in [2.45, 2.75) is 63.9 Å². The van der Waals surface area contributed by atoms with Crippen molar-refractivity contribution in [2.75, 3.05) is 39.3 Å². The number of amides is 1. The Hall–Kier alpha value is -3.09. The van der Waals surface area contributed by atoms with Gasteiger partial charge in [0.25, 0.3) is 5.91 Å². The van der Waals surface area contributed by atoms with E-state index in [2.05, 4.69) is 23.6 Å². The summed E-state index contributed by atoms with van der Waals surface area (Å²) >= 11 is 0. The number of likely N-dealkylation sites (tertiary alicyclic amines) is 1. The van der Waals surface area contributed by atoms with Crippen LogP contribution in [0, 0.1) is 0 Å². The molecular formula is C26H38FN3O8. The standard InChI is InChI=1S/C20H30FN3O.C6H8O7/c1-16(2)23-11-13-24(14-12-23)20(25)18-5-3-17(4-6-18)15-22-9-7-19(21)8-10-22;7-3(8)1-6(13,5(11)12)2-4(9)10/h3-6,16,19H,7-15H2,1-2H3;13H,1-2H2,(H,7,8)(H,9,10)(H,11,12). The minimum absolute atomic E-state index is 0.133. The molecule has 0 aromatic heterocycles. The van der Waals surface area contributed by atoms with E-state index in [1.54, 1.807) is 0 Å². The highest BCUT2D eigenvalue weighted by Gasteiger charge is 2.40. The Labute approximate surface area is 221 Å². The molecule has 0 unspecified atom stereocenters. The monoisotopic (exact) mass is 539 g/mol. The number of nitrogens with zero attached hydrogens (tertiary/aromatic N) is 3. The first kappa shape index (κ1) is 31.1. The zero-order chi connectivity index (χ0) is 28.5. The molecule has 212 valence electrons. The van der Waals surface area contributed by atoms with Gasteiger partial charge >= 0.3 is 17.9 Å². The Balaban J connectivity index is 0.000000332. The number of carboxylic acids is 3. The van der Waals surface area contributed by atoms with E-state index in [1.165, 1.54) is 5.56 Å². The number of carbonyl (C=O) groups is 4. The van der Waals surface area contributed by atoms with Crippen molar-refractivity contribution >= 4 is 23.8 Å². The van der Waals surface area contributed by atoms with Gasteiger partial charge in [0.15, 0.2) is 5.60 Å². The normalized spacial score (nSPS) is 17.6. The first-order chi connectivity index (χ1) is 17.8. The summed E-state index contributed by atoms with van der Waals surface area (Å²) in [6, 6.07) is 8.50. The number of aliphatic hydroxyl groups is 1. The number of hydrogen-bond acceptors (Lipinski definition) is 7. The van der Waals surface area contributed by atoms with Crippen molar-refractivity contribution in [2.24, 2.45) is 0 Å². The van der Waals surface area contributed by atoms with E-state index in [1.807, 2.05) is 29.2 Å². The first-order valence-electron chi connectivity index (χ1n) is 12.7. The lowest BCUT2D eigenvalue weighted by molar-refractivity contribution is -0.170. The molecular weight excluding hydrogens is 501 g/mol. The molecule has 0 spiro atoms. The molecule has 2 fully saturated rings. The molecule has 0 saturated carbocycles. The van der Waals surface area contributed by atoms with Crippen LogP contribution in [0.5, 0.6) is 0 Å². The highest BCUT2D eigenvalue weighted by molar-refractivity contribution is 5.94. The number of benzene rings is 1. The van der Waals surface area contributed by atoms with Crippen LogP contribution in [0.3, 0.4) is 0 Å². The van der Waals surface area contributed by atoms with Crippen LogP contribution >= 0.6 is 0 Å². The summed E-state index contributed by atoms with van der Waals surface area (Å²) < 4.78 is 13.2. The summed E-state index contributed by atoms with van der Waals surface area (Å²) in [5.74, 6) is -4.89. The fourth-order valence-corrected chi connectivity index (χ4v) is 4.41. The van der Waals surface area contributed by atoms with Crippen molar-refractivity contribution in [1.29, 1.82) is 0 Å². The number of piperidine rings is 1. The molecule has 12 heteroatoms. The van der Waals surface area contributed by atoms with Gasteiger partial charge in [0, 0.05) is 57.4 Å². The second kappa shape index (κ2) is 14.2. The SMILES string of the molecule is CC(C)N1CCN(C(=O)c2ccc(CN3CCC(F)CC3)cc2)CC1.O=C(O)CC(O)(CC(=O)O)C(=O)O. The van der Waals surface area contributed by atoms with Crippen LogP contribution in [-0.4, -0.2) is 116 Å². The lowest BCUT2D eigenvalue weighted by Crippen LogP contribution is -2.50. The van der Waals surface area contributed by atoms with Gasteiger partial charge in [0.05, 0.1) is 12.8 Å². The van der Waals surface area contributed by atoms with Crippen molar-refractivity contribution in [3.63, 3.8) is 0 Å². The smallest absolute Gasteiger partial charge is 0.336 e. The van der Waals surface area contributed by atoms with Crippen LogP contribution in [0.1, 0.15) is 55.5 Å². The maximum atomic E-state index is 13.2. The van der Waals surface area contributed by atoms with Crippen LogP contribution in [0.2, 0.25) is 0 Å². The Kier molecular flexibility index (Phi) is 11.6. The van der Waals surface area contributed by atoms with Crippen molar-refractivity contribution in [3.8, 4) is 0 Å². The molecule has 1 aromatic carbocycles. The van der Waals surface area contributed by atoms with Gasteiger partial charge in [0.2, 0.25) is 0 Å². The van der Waals surface area contributed by atoms with E-state index in [0.717, 1.165) is 51.4 Å². The molecule has 2 aliphatic heterocycles. The molecule has 38 heavy (non-hydrogen) atoms. The fraction of sp³-hybridized carbons (Fsp3) is 0.615. The molecule has 2 heterocycles. The Morgan fingerprint density at radius 1 is 0.895 bits per heavy atom. The fourth-order valence-electron chi connectivity index (χ4n) is 4.41. The maximum absolute atomic E-state index is 13.2. The second-order valence-electron chi connectivity index (χ2n) is 10.0. The molecule has 1 aromatic rings. The molecule has 2 aliphatic rings. The van der Waals surface area contributed by atoms with E-state index < -0.39 is 42.5 Å². The molecule has 0 radical (unpaired) electrons. The minimum atomic E-state index is -2.74. The third kappa shape index (κ3) is 9.66. The number of aliphatic carboxylic acids is 3. The summed E-state index contributed by atoms with van der Waals surface area (Å²) in [4.78, 5) is 49.8. The Morgan fingerprint density at radius 2 is 1.39 bits per heavy atom. The molecule has 0 aliphatic carbocycles. The van der Waals surface area contributed by atoms with Crippen LogP contribution in [-0.2, 0) is 20.9 Å². The Morgan fingerprint density at radius 3 is 1.82 bits per heavy atom. The molecule has 4 N–H and O–H groups in total. The average Bonchev–Trinajstić information content (AvgIpc) is 2.85. The molecule has 1 amide bonds. The summed E-state index contributed by atoms with van der Waals surface area (Å²) in [5, 5.41) is 33.8. The lowest BCUT2D eigenvalue weighted by atomic mass is 9.96. The van der Waals surface area contributed by atoms with Crippen molar-refractivity contribution in [3.05, 3.63) is 35.4 Å². The molecule has 0 bridgehead atoms. The minimum Gasteiger partial charge on any atom is -0.481 e. The lowest BCUT2D eigenvalue weighted by Gasteiger charge is -2.37. The quantitative estimate of drug-likeness (QED) is 0.363. The zero-order valence-corrected chi connectivity index (χ0v) is 21.9. The number of carbonyl (C=O) groups excluding carboxylic acids is 1. The van der Waals surface area contributed by atoms with Gasteiger partial charge in [-0.05, 0) is 44.4 Å².